The van der Waals surface area contributed by atoms with Crippen molar-refractivity contribution in [3.05, 3.63) is 42.4 Å². The summed E-state index contributed by atoms with van der Waals surface area (Å²) in [5, 5.41) is 3.48. The number of carbonyl (C=O) groups is 2. The van der Waals surface area contributed by atoms with Crippen LogP contribution in [0.2, 0.25) is 0 Å². The van der Waals surface area contributed by atoms with Gasteiger partial charge in [0.15, 0.2) is 11.5 Å². The number of carbonyl (C=O) groups excluding carboxylic acids is 2. The van der Waals surface area contributed by atoms with Crippen molar-refractivity contribution in [2.45, 2.75) is 58.3 Å². The van der Waals surface area contributed by atoms with Gasteiger partial charge < -0.3 is 29.2 Å². The maximum Gasteiger partial charge on any atom is 0.423 e. The standard InChI is InChI=1S/C28H34N6O6/c1-17-12-19(30-14-18-13-22-23(15-31-18)39-11-10-38-22)16-33(17)26(35)34(27(36)40-28(2,3)4)21-8-9-29-20-6-7-24(37-5)32-25(20)21/h6-9,13,15,17,19,30H,10-12,14,16H2,1-5H3/t17-,19-/m1/s1. The van der Waals surface area contributed by atoms with Crippen LogP contribution >= 0.6 is 0 Å². The van der Waals surface area contributed by atoms with E-state index in [1.165, 1.54) is 13.3 Å². The molecule has 1 fully saturated rings. The van der Waals surface area contributed by atoms with Gasteiger partial charge >= 0.3 is 12.1 Å². The number of anilines is 1. The molecule has 5 rings (SSSR count). The molecule has 0 saturated carbocycles. The smallest absolute Gasteiger partial charge is 0.423 e. The lowest BCUT2D eigenvalue weighted by Gasteiger charge is -2.31. The Morgan fingerprint density at radius 2 is 1.93 bits per heavy atom. The highest BCUT2D eigenvalue weighted by Crippen LogP contribution is 2.31. The number of hydrogen-bond donors (Lipinski definition) is 1. The highest BCUT2D eigenvalue weighted by Gasteiger charge is 2.39. The molecule has 0 unspecified atom stereocenters. The molecule has 2 aliphatic rings. The number of nitrogens with zero attached hydrogens (tertiary/aromatic N) is 5. The van der Waals surface area contributed by atoms with Gasteiger partial charge in [0, 0.05) is 43.5 Å². The molecule has 3 aromatic heterocycles. The third-order valence-electron chi connectivity index (χ3n) is 6.63. The summed E-state index contributed by atoms with van der Waals surface area (Å²) in [5.74, 6) is 1.65. The maximum absolute atomic E-state index is 14.1. The first-order chi connectivity index (χ1) is 19.1. The van der Waals surface area contributed by atoms with Crippen molar-refractivity contribution in [1.29, 1.82) is 0 Å². The van der Waals surface area contributed by atoms with E-state index in [1.54, 1.807) is 50.1 Å². The number of amides is 3. The Kier molecular flexibility index (Phi) is 7.61. The molecule has 12 heteroatoms. The van der Waals surface area contributed by atoms with Crippen LogP contribution in [-0.4, -0.2) is 76.5 Å². The zero-order valence-electron chi connectivity index (χ0n) is 23.3. The average Bonchev–Trinajstić information content (AvgIpc) is 3.31. The summed E-state index contributed by atoms with van der Waals surface area (Å²) in [6.45, 7) is 9.12. The van der Waals surface area contributed by atoms with E-state index in [4.69, 9.17) is 18.9 Å². The van der Waals surface area contributed by atoms with Crippen molar-refractivity contribution in [1.82, 2.24) is 25.2 Å². The van der Waals surface area contributed by atoms with E-state index < -0.39 is 17.7 Å². The van der Waals surface area contributed by atoms with Gasteiger partial charge in [-0.3, -0.25) is 9.97 Å². The zero-order valence-corrected chi connectivity index (χ0v) is 23.3. The number of urea groups is 1. The molecule has 1 N–H and O–H groups in total. The highest BCUT2D eigenvalue weighted by atomic mass is 16.6. The molecule has 212 valence electrons. The lowest BCUT2D eigenvalue weighted by atomic mass is 10.2. The van der Waals surface area contributed by atoms with Crippen molar-refractivity contribution in [2.75, 3.05) is 31.8 Å². The van der Waals surface area contributed by atoms with Crippen molar-refractivity contribution >= 4 is 28.8 Å². The molecule has 40 heavy (non-hydrogen) atoms. The van der Waals surface area contributed by atoms with Crippen molar-refractivity contribution < 1.29 is 28.5 Å². The van der Waals surface area contributed by atoms with Crippen molar-refractivity contribution in [3.8, 4) is 17.4 Å². The summed E-state index contributed by atoms with van der Waals surface area (Å²) in [7, 11) is 1.50. The number of ether oxygens (including phenoxy) is 4. The maximum atomic E-state index is 14.1. The number of fused-ring (bicyclic) bond motifs is 2. The van der Waals surface area contributed by atoms with E-state index in [0.717, 1.165) is 10.6 Å². The number of likely N-dealkylation sites (tertiary alicyclic amines) is 1. The number of pyridine rings is 3. The van der Waals surface area contributed by atoms with Gasteiger partial charge in [-0.1, -0.05) is 0 Å². The van der Waals surface area contributed by atoms with Crippen LogP contribution in [0.5, 0.6) is 17.4 Å². The van der Waals surface area contributed by atoms with E-state index in [9.17, 15) is 9.59 Å². The Balaban J connectivity index is 1.37. The highest BCUT2D eigenvalue weighted by molar-refractivity contribution is 6.15. The first-order valence-corrected chi connectivity index (χ1v) is 13.2. The molecular weight excluding hydrogens is 516 g/mol. The Bertz CT molecular complexity index is 1410. The van der Waals surface area contributed by atoms with E-state index in [1.807, 2.05) is 13.0 Å². The Morgan fingerprint density at radius 3 is 2.67 bits per heavy atom. The molecule has 0 aliphatic carbocycles. The molecule has 5 heterocycles. The predicted octanol–water partition coefficient (Wildman–Crippen LogP) is 3.92. The average molecular weight is 551 g/mol. The van der Waals surface area contributed by atoms with Crippen LogP contribution in [0.3, 0.4) is 0 Å². The first kappa shape index (κ1) is 27.4. The van der Waals surface area contributed by atoms with E-state index in [0.29, 0.717) is 61.1 Å². The van der Waals surface area contributed by atoms with Crippen LogP contribution in [0, 0.1) is 0 Å². The molecule has 12 nitrogen and oxygen atoms in total. The number of methoxy groups -OCH3 is 1. The molecule has 0 bridgehead atoms. The predicted molar refractivity (Wildman–Crippen MR) is 147 cm³/mol. The molecule has 1 saturated heterocycles. The van der Waals surface area contributed by atoms with Crippen LogP contribution in [0.25, 0.3) is 11.0 Å². The van der Waals surface area contributed by atoms with Crippen LogP contribution in [0.4, 0.5) is 15.3 Å². The van der Waals surface area contributed by atoms with Gasteiger partial charge in [0.05, 0.1) is 30.2 Å². The quantitative estimate of drug-likeness (QED) is 0.499. The number of aromatic nitrogens is 3. The second kappa shape index (κ2) is 11.1. The summed E-state index contributed by atoms with van der Waals surface area (Å²) in [6.07, 6.45) is 3.11. The molecule has 3 aromatic rings. The van der Waals surface area contributed by atoms with E-state index in [-0.39, 0.29) is 17.8 Å². The SMILES string of the molecule is COc1ccc2nccc(N(C(=O)OC(C)(C)C)C(=O)N3C[C@H](NCc4cc5c(cn4)OCCO5)C[C@H]3C)c2n1. The van der Waals surface area contributed by atoms with Gasteiger partial charge in [-0.15, -0.1) is 0 Å². The minimum Gasteiger partial charge on any atom is -0.486 e. The summed E-state index contributed by atoms with van der Waals surface area (Å²) in [5.41, 5.74) is 1.13. The molecule has 0 radical (unpaired) electrons. The number of nitrogens with one attached hydrogen (secondary N) is 1. The van der Waals surface area contributed by atoms with Gasteiger partial charge in [0.2, 0.25) is 5.88 Å². The normalized spacial score (nSPS) is 18.5. The fourth-order valence-corrected chi connectivity index (χ4v) is 4.78. The fraction of sp³-hybridized carbons (Fsp3) is 0.464. The molecule has 2 aliphatic heterocycles. The first-order valence-electron chi connectivity index (χ1n) is 13.2. The Hall–Kier alpha value is -4.19. The molecular formula is C28H34N6O6. The van der Waals surface area contributed by atoms with Gasteiger partial charge in [-0.2, -0.15) is 4.90 Å². The third-order valence-corrected chi connectivity index (χ3v) is 6.63. The van der Waals surface area contributed by atoms with Crippen LogP contribution in [-0.2, 0) is 11.3 Å². The summed E-state index contributed by atoms with van der Waals surface area (Å²) < 4.78 is 22.2. The molecule has 0 aromatic carbocycles. The summed E-state index contributed by atoms with van der Waals surface area (Å²) in [6, 6.07) is 6.20. The summed E-state index contributed by atoms with van der Waals surface area (Å²) in [4.78, 5) is 43.6. The van der Waals surface area contributed by atoms with Crippen LogP contribution < -0.4 is 24.4 Å². The van der Waals surface area contributed by atoms with Gasteiger partial charge in [-0.25, -0.2) is 14.6 Å². The minimum absolute atomic E-state index is 0.0122. The monoisotopic (exact) mass is 550 g/mol. The second-order valence-corrected chi connectivity index (χ2v) is 10.8. The third kappa shape index (κ3) is 5.86. The van der Waals surface area contributed by atoms with Crippen molar-refractivity contribution in [3.63, 3.8) is 0 Å². The fourth-order valence-electron chi connectivity index (χ4n) is 4.78. The van der Waals surface area contributed by atoms with Crippen LogP contribution in [0.1, 0.15) is 39.8 Å². The second-order valence-electron chi connectivity index (χ2n) is 10.8. The molecule has 2 atom stereocenters. The minimum atomic E-state index is -0.819. The van der Waals surface area contributed by atoms with Gasteiger partial charge in [-0.05, 0) is 46.2 Å². The van der Waals surface area contributed by atoms with E-state index >= 15 is 0 Å². The summed E-state index contributed by atoms with van der Waals surface area (Å²) >= 11 is 0. The van der Waals surface area contributed by atoms with Crippen molar-refractivity contribution in [2.24, 2.45) is 0 Å². The zero-order chi connectivity index (χ0) is 28.4. The Morgan fingerprint density at radius 1 is 1.15 bits per heavy atom. The number of rotatable bonds is 5. The molecule has 0 spiro atoms. The van der Waals surface area contributed by atoms with Gasteiger partial charge in [0.1, 0.15) is 24.3 Å². The lowest BCUT2D eigenvalue weighted by Crippen LogP contribution is -2.50. The lowest BCUT2D eigenvalue weighted by molar-refractivity contribution is 0.0584. The number of hydrogen-bond acceptors (Lipinski definition) is 10. The van der Waals surface area contributed by atoms with Gasteiger partial charge in [0.25, 0.3) is 0 Å². The topological polar surface area (TPSA) is 128 Å². The van der Waals surface area contributed by atoms with Crippen LogP contribution in [0.15, 0.2) is 36.7 Å². The largest absolute Gasteiger partial charge is 0.486 e. The Labute approximate surface area is 232 Å². The molecule has 3 amide bonds. The van der Waals surface area contributed by atoms with E-state index in [2.05, 4.69) is 20.3 Å². The number of imide groups is 1.